The van der Waals surface area contributed by atoms with Gasteiger partial charge in [0.25, 0.3) is 0 Å². The molecule has 8 atom stereocenters. The molecule has 3 aliphatic rings. The minimum atomic E-state index is -1.78. The molecule has 150 valence electrons. The fourth-order valence-corrected chi connectivity index (χ4v) is 3.46. The summed E-state index contributed by atoms with van der Waals surface area (Å²) >= 11 is 0. The maximum Gasteiger partial charge on any atom is 0.642 e. The molecule has 0 saturated carbocycles. The molecule has 0 amide bonds. The van der Waals surface area contributed by atoms with Crippen molar-refractivity contribution in [3.8, 4) is 0 Å². The van der Waals surface area contributed by atoms with Crippen LogP contribution in [-0.2, 0) is 28.2 Å². The smallest absolute Gasteiger partial charge is 0.394 e. The van der Waals surface area contributed by atoms with Crippen molar-refractivity contribution in [1.82, 2.24) is 0 Å². The summed E-state index contributed by atoms with van der Waals surface area (Å²) < 4.78 is 32.2. The average Bonchev–Trinajstić information content (AvgIpc) is 3.24. The van der Waals surface area contributed by atoms with Crippen molar-refractivity contribution in [2.75, 3.05) is 33.5 Å². The Morgan fingerprint density at radius 2 is 1.62 bits per heavy atom. The molecular weight excluding hydrogens is 359 g/mol. The monoisotopic (exact) mass is 382 g/mol. The molecule has 0 spiro atoms. The first-order valence-corrected chi connectivity index (χ1v) is 8.09. The summed E-state index contributed by atoms with van der Waals surface area (Å²) in [5.41, 5.74) is 0. The largest absolute Gasteiger partial charge is 0.642 e. The lowest BCUT2D eigenvalue weighted by Gasteiger charge is -2.32. The second-order valence-corrected chi connectivity index (χ2v) is 6.32. The summed E-state index contributed by atoms with van der Waals surface area (Å²) in [4.78, 5) is 0. The zero-order valence-corrected chi connectivity index (χ0v) is 14.0. The molecule has 0 aromatic heterocycles. The molecule has 3 saturated heterocycles. The predicted octanol–water partition coefficient (Wildman–Crippen LogP) is -4.70. The Morgan fingerprint density at radius 1 is 0.962 bits per heavy atom. The van der Waals surface area contributed by atoms with Gasteiger partial charge in [-0.1, -0.05) is 0 Å². The molecule has 3 fully saturated rings. The van der Waals surface area contributed by atoms with Crippen molar-refractivity contribution in [2.24, 2.45) is 0 Å². The van der Waals surface area contributed by atoms with Crippen LogP contribution in [0.3, 0.4) is 0 Å². The van der Waals surface area contributed by atoms with Gasteiger partial charge in [0.15, 0.2) is 0 Å². The van der Waals surface area contributed by atoms with E-state index in [1.807, 2.05) is 0 Å². The molecule has 12 nitrogen and oxygen atoms in total. The zero-order valence-electron chi connectivity index (χ0n) is 14.0. The van der Waals surface area contributed by atoms with Crippen LogP contribution in [0.4, 0.5) is 0 Å². The van der Waals surface area contributed by atoms with Crippen molar-refractivity contribution in [3.63, 3.8) is 0 Å². The van der Waals surface area contributed by atoms with Crippen LogP contribution in [0.25, 0.3) is 0 Å². The van der Waals surface area contributed by atoms with Crippen molar-refractivity contribution < 1.29 is 58.8 Å². The molecule has 0 aliphatic carbocycles. The van der Waals surface area contributed by atoms with Crippen LogP contribution >= 0.6 is 0 Å². The molecule has 0 bridgehead atoms. The Bertz CT molecular complexity index is 492. The lowest BCUT2D eigenvalue weighted by molar-refractivity contribution is -0.264. The van der Waals surface area contributed by atoms with Crippen molar-refractivity contribution in [1.29, 1.82) is 0 Å². The molecule has 3 rings (SSSR count). The number of hydrogen-bond acceptors (Lipinski definition) is 12. The maximum atomic E-state index is 10.3. The van der Waals surface area contributed by atoms with Gasteiger partial charge in [-0.15, -0.1) is 0 Å². The van der Waals surface area contributed by atoms with Gasteiger partial charge < -0.3 is 58.8 Å². The first kappa shape index (κ1) is 20.3. The highest BCUT2D eigenvalue weighted by molar-refractivity contribution is 6.37. The van der Waals surface area contributed by atoms with E-state index in [1.54, 1.807) is 0 Å². The van der Waals surface area contributed by atoms with Crippen LogP contribution in [-0.4, -0.2) is 120 Å². The lowest BCUT2D eigenvalue weighted by atomic mass is 10.0. The van der Waals surface area contributed by atoms with Gasteiger partial charge in [0, 0.05) is 7.11 Å². The Labute approximate surface area is 148 Å². The third-order valence-corrected chi connectivity index (χ3v) is 4.91. The predicted molar refractivity (Wildman–Crippen MR) is 79.2 cm³/mol. The fourth-order valence-electron chi connectivity index (χ4n) is 3.46. The summed E-state index contributed by atoms with van der Waals surface area (Å²) in [5.74, 6) is -3.54. The van der Waals surface area contributed by atoms with Crippen molar-refractivity contribution >= 4 is 7.32 Å². The highest BCUT2D eigenvalue weighted by Gasteiger charge is 2.66. The maximum absolute atomic E-state index is 10.3. The average molecular weight is 382 g/mol. The van der Waals surface area contributed by atoms with E-state index in [9.17, 15) is 30.6 Å². The second-order valence-electron chi connectivity index (χ2n) is 6.32. The highest BCUT2D eigenvalue weighted by atomic mass is 16.9. The van der Waals surface area contributed by atoms with E-state index in [4.69, 9.17) is 28.2 Å². The number of rotatable bonds is 7. The van der Waals surface area contributed by atoms with Gasteiger partial charge in [0.05, 0.1) is 26.4 Å². The van der Waals surface area contributed by atoms with Gasteiger partial charge in [0.1, 0.15) is 36.6 Å². The number of fused-ring (bicyclic) bond motifs is 1. The van der Waals surface area contributed by atoms with E-state index in [0.29, 0.717) is 0 Å². The minimum absolute atomic E-state index is 0.512. The summed E-state index contributed by atoms with van der Waals surface area (Å²) in [7, 11) is -0.291. The standard InChI is InChI=1S/C13H23BO12/c1-21-12(4-17)10(8(19)6(2-15)22-12)24-14-25-11-9(20)7(3-16)23-13(11,5-18)26-14/h6-11,15-20H,2-5H2,1H3/t6-,7+,8?,9?,10-,11?,12-,13?/m1/s1. The van der Waals surface area contributed by atoms with Crippen LogP contribution in [0.1, 0.15) is 0 Å². The number of aliphatic hydroxyl groups excluding tert-OH is 6. The molecule has 26 heavy (non-hydrogen) atoms. The third kappa shape index (κ3) is 2.98. The Kier molecular flexibility index (Phi) is 5.89. The SMILES string of the molecule is CO[C@]1(CO)O[C@H](CO)C(O)[C@H]1OB1OC2C(O)[C@H](CO)OC2(CO)O1. The van der Waals surface area contributed by atoms with E-state index in [2.05, 4.69) is 0 Å². The minimum Gasteiger partial charge on any atom is -0.394 e. The Hall–Kier alpha value is -0.415. The molecule has 4 unspecified atom stereocenters. The van der Waals surface area contributed by atoms with Gasteiger partial charge in [-0.2, -0.15) is 0 Å². The lowest BCUT2D eigenvalue weighted by Crippen LogP contribution is -2.52. The van der Waals surface area contributed by atoms with Crippen LogP contribution < -0.4 is 0 Å². The molecule has 0 radical (unpaired) electrons. The second kappa shape index (κ2) is 7.54. The molecule has 3 aliphatic heterocycles. The number of methoxy groups -OCH3 is 1. The first-order valence-electron chi connectivity index (χ1n) is 8.09. The molecule has 0 aromatic carbocycles. The van der Waals surface area contributed by atoms with Gasteiger partial charge in [0.2, 0.25) is 11.6 Å². The van der Waals surface area contributed by atoms with E-state index in [-0.39, 0.29) is 0 Å². The molecular formula is C13H23BO12. The summed E-state index contributed by atoms with van der Waals surface area (Å²) in [6.07, 6.45) is -7.25. The topological polar surface area (TPSA) is 177 Å². The van der Waals surface area contributed by atoms with Gasteiger partial charge >= 0.3 is 7.32 Å². The van der Waals surface area contributed by atoms with Crippen LogP contribution in [0.2, 0.25) is 0 Å². The third-order valence-electron chi connectivity index (χ3n) is 4.91. The van der Waals surface area contributed by atoms with Gasteiger partial charge in [-0.25, -0.2) is 0 Å². The van der Waals surface area contributed by atoms with E-state index >= 15 is 0 Å². The van der Waals surface area contributed by atoms with E-state index in [1.165, 1.54) is 7.11 Å². The zero-order chi connectivity index (χ0) is 19.1. The van der Waals surface area contributed by atoms with Gasteiger partial charge in [-0.3, -0.25) is 0 Å². The Morgan fingerprint density at radius 3 is 2.12 bits per heavy atom. The number of ether oxygens (including phenoxy) is 3. The molecule has 3 heterocycles. The highest BCUT2D eigenvalue weighted by Crippen LogP contribution is 2.42. The normalized spacial score (nSPS) is 48.3. The number of aliphatic hydroxyl groups is 6. The van der Waals surface area contributed by atoms with Crippen LogP contribution in [0.5, 0.6) is 0 Å². The number of hydrogen-bond donors (Lipinski definition) is 6. The molecule has 6 N–H and O–H groups in total. The molecule has 0 aromatic rings. The Balaban J connectivity index is 1.75. The van der Waals surface area contributed by atoms with E-state index < -0.39 is 81.9 Å². The van der Waals surface area contributed by atoms with Crippen molar-refractivity contribution in [3.05, 3.63) is 0 Å². The van der Waals surface area contributed by atoms with Crippen LogP contribution in [0, 0.1) is 0 Å². The summed E-state index contributed by atoms with van der Waals surface area (Å²) in [6, 6.07) is 0. The fraction of sp³-hybridized carbons (Fsp3) is 1.00. The van der Waals surface area contributed by atoms with Crippen molar-refractivity contribution in [2.45, 2.75) is 48.2 Å². The quantitative estimate of drug-likeness (QED) is 0.232. The molecule has 13 heteroatoms. The summed E-state index contributed by atoms with van der Waals surface area (Å²) in [5, 5.41) is 58.1. The summed E-state index contributed by atoms with van der Waals surface area (Å²) in [6.45, 7) is -2.46. The van der Waals surface area contributed by atoms with E-state index in [0.717, 1.165) is 0 Å². The first-order chi connectivity index (χ1) is 12.4. The van der Waals surface area contributed by atoms with Gasteiger partial charge in [-0.05, 0) is 0 Å². The van der Waals surface area contributed by atoms with Crippen LogP contribution in [0.15, 0.2) is 0 Å².